The largest absolute Gasteiger partial charge is 0.135 e. The molecule has 1 aromatic heterocycles. The minimum absolute atomic E-state index is 0.955. The molecule has 0 bridgehead atoms. The van der Waals surface area contributed by atoms with Crippen molar-refractivity contribution in [3.05, 3.63) is 105 Å². The molecule has 0 amide bonds. The Morgan fingerprint density at radius 2 is 1.61 bits per heavy atom. The Bertz CT molecular complexity index is 1370. The van der Waals surface area contributed by atoms with Crippen LogP contribution in [0.3, 0.4) is 0 Å². The third-order valence-corrected chi connectivity index (χ3v) is 6.63. The monoisotopic (exact) mass is 378 g/mol. The molecule has 0 saturated heterocycles. The molecule has 0 saturated carbocycles. The minimum Gasteiger partial charge on any atom is -0.135 e. The van der Waals surface area contributed by atoms with Gasteiger partial charge in [-0.15, -0.1) is 11.3 Å². The highest BCUT2D eigenvalue weighted by Gasteiger charge is 2.09. The quantitative estimate of drug-likeness (QED) is 0.591. The van der Waals surface area contributed by atoms with Crippen LogP contribution in [0.15, 0.2) is 84.5 Å². The number of thiophene rings is 1. The van der Waals surface area contributed by atoms with Crippen LogP contribution in [0.5, 0.6) is 0 Å². The Hall–Kier alpha value is -2.90. The van der Waals surface area contributed by atoms with Gasteiger partial charge >= 0.3 is 0 Å². The van der Waals surface area contributed by atoms with Gasteiger partial charge in [-0.25, -0.2) is 0 Å². The summed E-state index contributed by atoms with van der Waals surface area (Å²) in [5, 5.41) is 5.47. The van der Waals surface area contributed by atoms with Gasteiger partial charge in [0.25, 0.3) is 0 Å². The fourth-order valence-electron chi connectivity index (χ4n) is 4.08. The average Bonchev–Trinajstić information content (AvgIpc) is 2.96. The molecular formula is C27H22S. The molecule has 2 aliphatic carbocycles. The van der Waals surface area contributed by atoms with Crippen molar-refractivity contribution in [2.24, 2.45) is 0 Å². The zero-order valence-corrected chi connectivity index (χ0v) is 16.6. The predicted molar refractivity (Wildman–Crippen MR) is 124 cm³/mol. The summed E-state index contributed by atoms with van der Waals surface area (Å²) in [5.41, 5.74) is 2.85. The molecule has 0 fully saturated rings. The first-order chi connectivity index (χ1) is 13.9. The maximum absolute atomic E-state index is 2.42. The molecule has 0 unspecified atom stereocenters. The average molecular weight is 379 g/mol. The van der Waals surface area contributed by atoms with Crippen molar-refractivity contribution in [3.63, 3.8) is 0 Å². The van der Waals surface area contributed by atoms with Crippen molar-refractivity contribution < 1.29 is 0 Å². The van der Waals surface area contributed by atoms with E-state index in [0.29, 0.717) is 0 Å². The summed E-state index contributed by atoms with van der Waals surface area (Å²) in [6, 6.07) is 17.6. The van der Waals surface area contributed by atoms with Crippen molar-refractivity contribution in [2.45, 2.75) is 19.3 Å². The molecule has 2 aliphatic rings. The summed E-state index contributed by atoms with van der Waals surface area (Å²) in [4.78, 5) is 0. The molecule has 1 heterocycles. The second kappa shape index (κ2) is 7.61. The smallest absolute Gasteiger partial charge is 0.0355 e. The minimum atomic E-state index is 0.955. The van der Waals surface area contributed by atoms with E-state index in [2.05, 4.69) is 97.1 Å². The Morgan fingerprint density at radius 1 is 0.750 bits per heavy atom. The summed E-state index contributed by atoms with van der Waals surface area (Å²) in [5.74, 6) is 0. The first kappa shape index (κ1) is 17.2. The van der Waals surface area contributed by atoms with Crippen LogP contribution in [0.25, 0.3) is 33.9 Å². The van der Waals surface area contributed by atoms with Crippen molar-refractivity contribution in [1.82, 2.24) is 0 Å². The fourth-order valence-corrected chi connectivity index (χ4v) is 5.19. The topological polar surface area (TPSA) is 0 Å². The molecule has 0 nitrogen and oxygen atoms in total. The molecule has 2 aromatic carbocycles. The number of benzene rings is 2. The zero-order valence-electron chi connectivity index (χ0n) is 15.8. The van der Waals surface area contributed by atoms with Gasteiger partial charge in [0, 0.05) is 9.23 Å². The molecule has 1 heteroatoms. The molecular weight excluding hydrogens is 356 g/mol. The molecule has 0 atom stereocenters. The lowest BCUT2D eigenvalue weighted by atomic mass is 9.95. The van der Waals surface area contributed by atoms with Gasteiger partial charge in [0.05, 0.1) is 0 Å². The molecule has 3 aromatic rings. The standard InChI is InChI=1S/C27H22S/c1-2-4-10-20-11-6-7-13-22(20)23(12-5-3-1)21-16-18-25-24-14-8-9-15-26(24)28-27(25)19-17-21/h1-3,5-11,13-15,17-19H,4,12,16H2/b2-1-,5-3-,20-10-,23-22+. The van der Waals surface area contributed by atoms with Gasteiger partial charge < -0.3 is 0 Å². The third kappa shape index (κ3) is 3.23. The highest BCUT2D eigenvalue weighted by Crippen LogP contribution is 2.22. The van der Waals surface area contributed by atoms with E-state index in [1.807, 2.05) is 11.3 Å². The van der Waals surface area contributed by atoms with Gasteiger partial charge in [0.1, 0.15) is 0 Å². The normalized spacial score (nSPS) is 21.6. The molecule has 28 heavy (non-hydrogen) atoms. The number of hydrogen-bond donors (Lipinski definition) is 0. The van der Waals surface area contributed by atoms with Crippen molar-refractivity contribution in [3.8, 4) is 0 Å². The molecule has 5 rings (SSSR count). The number of rotatable bonds is 1. The van der Waals surface area contributed by atoms with E-state index in [4.69, 9.17) is 0 Å². The maximum Gasteiger partial charge on any atom is 0.0355 e. The van der Waals surface area contributed by atoms with E-state index < -0.39 is 0 Å². The van der Waals surface area contributed by atoms with Gasteiger partial charge in [-0.2, -0.15) is 0 Å². The highest BCUT2D eigenvalue weighted by atomic mass is 32.1. The first-order valence-corrected chi connectivity index (χ1v) is 10.7. The van der Waals surface area contributed by atoms with Crippen LogP contribution in [-0.2, 0) is 0 Å². The SMILES string of the molecule is C1=C(/C2=c3\cccc\c3=C\C/C=C\C=C/C2)CC=c2c(sc3ccccc23)=C1. The number of fused-ring (bicyclic) bond motifs is 4. The summed E-state index contributed by atoms with van der Waals surface area (Å²) in [6.45, 7) is 0. The summed E-state index contributed by atoms with van der Waals surface area (Å²) < 4.78 is 2.74. The van der Waals surface area contributed by atoms with Gasteiger partial charge in [0.15, 0.2) is 0 Å². The summed E-state index contributed by atoms with van der Waals surface area (Å²) in [7, 11) is 0. The van der Waals surface area contributed by atoms with Crippen LogP contribution in [-0.4, -0.2) is 0 Å². The number of hydrogen-bond acceptors (Lipinski definition) is 1. The Morgan fingerprint density at radius 3 is 2.61 bits per heavy atom. The van der Waals surface area contributed by atoms with Gasteiger partial charge in [0.2, 0.25) is 0 Å². The third-order valence-electron chi connectivity index (χ3n) is 5.48. The van der Waals surface area contributed by atoms with Crippen LogP contribution in [0, 0.1) is 0 Å². The molecule has 136 valence electrons. The highest BCUT2D eigenvalue weighted by molar-refractivity contribution is 7.17. The van der Waals surface area contributed by atoms with Crippen molar-refractivity contribution in [1.29, 1.82) is 0 Å². The molecule has 0 spiro atoms. The van der Waals surface area contributed by atoms with Crippen LogP contribution in [0.4, 0.5) is 0 Å². The van der Waals surface area contributed by atoms with Crippen molar-refractivity contribution >= 4 is 45.2 Å². The Labute approximate surface area is 169 Å². The Kier molecular flexibility index (Phi) is 4.68. The lowest BCUT2D eigenvalue weighted by Gasteiger charge is -2.10. The first-order valence-electron chi connectivity index (χ1n) is 9.89. The van der Waals surface area contributed by atoms with E-state index in [9.17, 15) is 0 Å². The second-order valence-electron chi connectivity index (χ2n) is 7.21. The fraction of sp³-hybridized carbons (Fsp3) is 0.111. The van der Waals surface area contributed by atoms with Gasteiger partial charge in [-0.3, -0.25) is 0 Å². The van der Waals surface area contributed by atoms with Crippen LogP contribution < -0.4 is 20.2 Å². The summed E-state index contributed by atoms with van der Waals surface area (Å²) in [6.07, 6.45) is 21.1. The number of allylic oxidation sites excluding steroid dienone is 6. The van der Waals surface area contributed by atoms with Gasteiger partial charge in [-0.05, 0) is 63.6 Å². The van der Waals surface area contributed by atoms with E-state index in [1.165, 1.54) is 41.4 Å². The maximum atomic E-state index is 2.42. The predicted octanol–water partition coefficient (Wildman–Crippen LogP) is 4.33. The van der Waals surface area contributed by atoms with Gasteiger partial charge in [-0.1, -0.05) is 85.0 Å². The van der Waals surface area contributed by atoms with E-state index in [1.54, 1.807) is 0 Å². The van der Waals surface area contributed by atoms with E-state index in [0.717, 1.165) is 19.3 Å². The summed E-state index contributed by atoms with van der Waals surface area (Å²) >= 11 is 1.89. The Balaban J connectivity index is 1.72. The zero-order chi connectivity index (χ0) is 18.8. The van der Waals surface area contributed by atoms with E-state index >= 15 is 0 Å². The van der Waals surface area contributed by atoms with Crippen molar-refractivity contribution in [2.75, 3.05) is 0 Å². The van der Waals surface area contributed by atoms with E-state index in [-0.39, 0.29) is 0 Å². The van der Waals surface area contributed by atoms with Crippen LogP contribution in [0.1, 0.15) is 19.3 Å². The molecule has 0 N–H and O–H groups in total. The molecule has 0 aliphatic heterocycles. The second-order valence-corrected chi connectivity index (χ2v) is 8.29. The lowest BCUT2D eigenvalue weighted by Crippen LogP contribution is -2.27. The van der Waals surface area contributed by atoms with Crippen LogP contribution >= 0.6 is 11.3 Å². The van der Waals surface area contributed by atoms with Crippen LogP contribution in [0.2, 0.25) is 0 Å². The molecule has 0 radical (unpaired) electrons. The lowest BCUT2D eigenvalue weighted by molar-refractivity contribution is 1.25.